The van der Waals surface area contributed by atoms with Gasteiger partial charge in [0.15, 0.2) is 0 Å². The van der Waals surface area contributed by atoms with Crippen LogP contribution in [0, 0.1) is 6.92 Å². The summed E-state index contributed by atoms with van der Waals surface area (Å²) >= 11 is 0. The number of aromatic nitrogens is 1. The molecule has 1 saturated heterocycles. The zero-order chi connectivity index (χ0) is 18.4. The molecule has 2 aromatic carbocycles. The van der Waals surface area contributed by atoms with Crippen LogP contribution in [-0.4, -0.2) is 36.3 Å². The minimum absolute atomic E-state index is 0.634. The second kappa shape index (κ2) is 6.48. The van der Waals surface area contributed by atoms with Crippen molar-refractivity contribution >= 4 is 10.9 Å². The number of fused-ring (bicyclic) bond motifs is 3. The number of hydrogen-bond acceptors (Lipinski definition) is 3. The fraction of sp³-hybridized carbons (Fsp3) is 0.391. The van der Waals surface area contributed by atoms with Gasteiger partial charge in [0, 0.05) is 35.2 Å². The van der Waals surface area contributed by atoms with E-state index in [0.29, 0.717) is 19.8 Å². The molecule has 0 N–H and O–H groups in total. The molecule has 0 bridgehead atoms. The van der Waals surface area contributed by atoms with E-state index in [9.17, 15) is 0 Å². The molecule has 0 saturated carbocycles. The molecule has 0 atom stereocenters. The molecular formula is C23H26N2O2. The number of aryl methyl sites for hydroxylation is 1. The highest BCUT2D eigenvalue weighted by Crippen LogP contribution is 2.38. The summed E-state index contributed by atoms with van der Waals surface area (Å²) in [5.74, 6) is -0.706. The highest BCUT2D eigenvalue weighted by Gasteiger charge is 2.40. The van der Waals surface area contributed by atoms with Crippen LogP contribution in [0.1, 0.15) is 22.4 Å². The van der Waals surface area contributed by atoms with Crippen molar-refractivity contribution in [3.63, 3.8) is 0 Å². The molecule has 5 rings (SSSR count). The Morgan fingerprint density at radius 3 is 2.59 bits per heavy atom. The molecule has 3 aromatic rings. The molecule has 4 nitrogen and oxygen atoms in total. The summed E-state index contributed by atoms with van der Waals surface area (Å²) in [4.78, 5) is 2.40. The van der Waals surface area contributed by atoms with Crippen LogP contribution in [-0.2, 0) is 34.8 Å². The highest BCUT2D eigenvalue weighted by atomic mass is 16.7. The zero-order valence-corrected chi connectivity index (χ0v) is 16.1. The molecule has 2 aliphatic heterocycles. The molecule has 140 valence electrons. The normalized spacial score (nSPS) is 19.5. The van der Waals surface area contributed by atoms with E-state index in [0.717, 1.165) is 25.1 Å². The van der Waals surface area contributed by atoms with Crippen molar-refractivity contribution in [2.75, 3.05) is 26.8 Å². The van der Waals surface area contributed by atoms with Crippen LogP contribution >= 0.6 is 0 Å². The Morgan fingerprint density at radius 2 is 1.81 bits per heavy atom. The fourth-order valence-electron chi connectivity index (χ4n) is 4.57. The molecule has 0 spiro atoms. The first kappa shape index (κ1) is 17.0. The van der Waals surface area contributed by atoms with E-state index in [1.807, 2.05) is 6.07 Å². The lowest BCUT2D eigenvalue weighted by atomic mass is 10.0. The van der Waals surface area contributed by atoms with E-state index >= 15 is 0 Å². The fourth-order valence-corrected chi connectivity index (χ4v) is 4.57. The van der Waals surface area contributed by atoms with Crippen LogP contribution < -0.4 is 0 Å². The lowest BCUT2D eigenvalue weighted by molar-refractivity contribution is -0.175. The van der Waals surface area contributed by atoms with Crippen LogP contribution in [0.4, 0.5) is 0 Å². The Balaban J connectivity index is 1.67. The number of likely N-dealkylation sites (N-methyl/N-ethyl adjacent to an activating group) is 1. The zero-order valence-electron chi connectivity index (χ0n) is 16.1. The molecule has 0 aliphatic carbocycles. The predicted octanol–water partition coefficient (Wildman–Crippen LogP) is 3.84. The van der Waals surface area contributed by atoms with Gasteiger partial charge in [0.1, 0.15) is 0 Å². The summed E-state index contributed by atoms with van der Waals surface area (Å²) in [5.41, 5.74) is 6.59. The third-order valence-electron chi connectivity index (χ3n) is 5.94. The van der Waals surface area contributed by atoms with Gasteiger partial charge in [0.05, 0.1) is 19.8 Å². The summed E-state index contributed by atoms with van der Waals surface area (Å²) in [6.45, 7) is 6.20. The summed E-state index contributed by atoms with van der Waals surface area (Å²) in [6.07, 6.45) is 1.10. The van der Waals surface area contributed by atoms with E-state index in [2.05, 4.69) is 65.9 Å². The van der Waals surface area contributed by atoms with E-state index in [1.165, 1.54) is 27.7 Å². The third kappa shape index (κ3) is 2.80. The minimum atomic E-state index is -0.706. The van der Waals surface area contributed by atoms with Crippen molar-refractivity contribution in [3.8, 4) is 0 Å². The average molecular weight is 362 g/mol. The summed E-state index contributed by atoms with van der Waals surface area (Å²) in [5, 5.41) is 1.39. The Morgan fingerprint density at radius 1 is 1.04 bits per heavy atom. The van der Waals surface area contributed by atoms with Gasteiger partial charge in [-0.2, -0.15) is 0 Å². The second-order valence-electron chi connectivity index (χ2n) is 7.84. The summed E-state index contributed by atoms with van der Waals surface area (Å²) < 4.78 is 14.9. The number of nitrogens with zero attached hydrogens (tertiary/aromatic N) is 2. The Labute approximate surface area is 160 Å². The third-order valence-corrected chi connectivity index (χ3v) is 5.94. The molecule has 0 radical (unpaired) electrons. The number of ether oxygens (including phenoxy) is 2. The van der Waals surface area contributed by atoms with E-state index in [1.54, 1.807) is 0 Å². The van der Waals surface area contributed by atoms with Gasteiger partial charge in [0.25, 0.3) is 0 Å². The number of benzene rings is 2. The van der Waals surface area contributed by atoms with Crippen molar-refractivity contribution in [1.82, 2.24) is 9.47 Å². The quantitative estimate of drug-likeness (QED) is 0.708. The molecule has 1 fully saturated rings. The van der Waals surface area contributed by atoms with Gasteiger partial charge in [0.2, 0.25) is 5.79 Å². The smallest absolute Gasteiger partial charge is 0.213 e. The summed E-state index contributed by atoms with van der Waals surface area (Å²) in [7, 11) is 2.20. The van der Waals surface area contributed by atoms with Crippen LogP contribution in [0.15, 0.2) is 48.5 Å². The lowest BCUT2D eigenvalue weighted by Gasteiger charge is -2.31. The van der Waals surface area contributed by atoms with Gasteiger partial charge < -0.3 is 18.9 Å². The van der Waals surface area contributed by atoms with Crippen LogP contribution in [0.5, 0.6) is 0 Å². The lowest BCUT2D eigenvalue weighted by Crippen LogP contribution is -2.35. The molecule has 0 amide bonds. The first-order chi connectivity index (χ1) is 13.2. The van der Waals surface area contributed by atoms with Gasteiger partial charge in [-0.3, -0.25) is 0 Å². The maximum Gasteiger partial charge on any atom is 0.213 e. The van der Waals surface area contributed by atoms with Gasteiger partial charge >= 0.3 is 0 Å². The van der Waals surface area contributed by atoms with E-state index in [4.69, 9.17) is 9.47 Å². The second-order valence-corrected chi connectivity index (χ2v) is 7.84. The molecule has 4 heteroatoms. The topological polar surface area (TPSA) is 26.6 Å². The van der Waals surface area contributed by atoms with Gasteiger partial charge in [-0.05, 0) is 38.1 Å². The Hall–Kier alpha value is -2.14. The average Bonchev–Trinajstić information content (AvgIpc) is 3.27. The van der Waals surface area contributed by atoms with Crippen molar-refractivity contribution in [1.29, 1.82) is 0 Å². The first-order valence-corrected chi connectivity index (χ1v) is 9.79. The molecule has 2 aliphatic rings. The van der Waals surface area contributed by atoms with Crippen molar-refractivity contribution in [2.24, 2.45) is 0 Å². The monoisotopic (exact) mass is 362 g/mol. The highest BCUT2D eigenvalue weighted by molar-refractivity contribution is 5.86. The number of rotatable bonds is 3. The standard InChI is InChI=1S/C23H26N2O2/c1-17-8-9-21-20(14-17)19-10-11-24(2)15-22(19)25(21)16-23(26-12-13-27-23)18-6-4-3-5-7-18/h3-9,14H,10-13,15-16H2,1-2H3. The van der Waals surface area contributed by atoms with Crippen molar-refractivity contribution in [2.45, 2.75) is 32.2 Å². The van der Waals surface area contributed by atoms with Gasteiger partial charge in [-0.15, -0.1) is 0 Å². The van der Waals surface area contributed by atoms with Crippen LogP contribution in [0.3, 0.4) is 0 Å². The Kier molecular flexibility index (Phi) is 4.08. The number of hydrogen-bond donors (Lipinski definition) is 0. The molecular weight excluding hydrogens is 336 g/mol. The minimum Gasteiger partial charge on any atom is -0.342 e. The van der Waals surface area contributed by atoms with Crippen LogP contribution in [0.2, 0.25) is 0 Å². The first-order valence-electron chi connectivity index (χ1n) is 9.79. The van der Waals surface area contributed by atoms with Gasteiger partial charge in [-0.25, -0.2) is 0 Å². The Bertz CT molecular complexity index is 971. The van der Waals surface area contributed by atoms with E-state index in [-0.39, 0.29) is 0 Å². The molecule has 27 heavy (non-hydrogen) atoms. The maximum atomic E-state index is 6.23. The van der Waals surface area contributed by atoms with E-state index < -0.39 is 5.79 Å². The molecule has 1 aromatic heterocycles. The molecule has 3 heterocycles. The van der Waals surface area contributed by atoms with Gasteiger partial charge in [-0.1, -0.05) is 42.0 Å². The maximum absolute atomic E-state index is 6.23. The van der Waals surface area contributed by atoms with Crippen molar-refractivity contribution < 1.29 is 9.47 Å². The SMILES string of the molecule is Cc1ccc2c(c1)c1c(n2CC2(c3ccccc3)OCCO2)CN(C)CC1. The largest absolute Gasteiger partial charge is 0.342 e. The molecule has 0 unspecified atom stereocenters. The predicted molar refractivity (Wildman–Crippen MR) is 107 cm³/mol. The van der Waals surface area contributed by atoms with Crippen molar-refractivity contribution in [3.05, 3.63) is 70.9 Å². The van der Waals surface area contributed by atoms with Crippen LogP contribution in [0.25, 0.3) is 10.9 Å². The summed E-state index contributed by atoms with van der Waals surface area (Å²) in [6, 6.07) is 17.2.